The fourth-order valence-electron chi connectivity index (χ4n) is 3.28. The quantitative estimate of drug-likeness (QED) is 0.819. The molecule has 0 radical (unpaired) electrons. The second-order valence-electron chi connectivity index (χ2n) is 7.93. The van der Waals surface area contributed by atoms with Gasteiger partial charge >= 0.3 is 6.09 Å². The second-order valence-corrected chi connectivity index (χ2v) is 7.93. The van der Waals surface area contributed by atoms with E-state index in [4.69, 9.17) is 4.74 Å². The van der Waals surface area contributed by atoms with Gasteiger partial charge in [0.05, 0.1) is 6.10 Å². The largest absolute Gasteiger partial charge is 0.444 e. The summed E-state index contributed by atoms with van der Waals surface area (Å²) >= 11 is 0. The maximum absolute atomic E-state index is 12.0. The number of ether oxygens (including phenoxy) is 1. The topological polar surface area (TPSA) is 61.8 Å². The molecule has 2 rings (SSSR count). The van der Waals surface area contributed by atoms with Crippen LogP contribution in [0.15, 0.2) is 0 Å². The third-order valence-corrected chi connectivity index (χ3v) is 4.43. The minimum atomic E-state index is -0.466. The normalized spacial score (nSPS) is 28.2. The van der Waals surface area contributed by atoms with Gasteiger partial charge < -0.3 is 15.2 Å². The van der Waals surface area contributed by atoms with Gasteiger partial charge in [0.1, 0.15) is 5.60 Å². The number of likely N-dealkylation sites (tertiary alicyclic amines) is 1. The van der Waals surface area contributed by atoms with Gasteiger partial charge in [0.25, 0.3) is 0 Å². The number of carbonyl (C=O) groups excluding carboxylic acids is 1. The first kappa shape index (κ1) is 17.5. The Kier molecular flexibility index (Phi) is 5.72. The average molecular weight is 312 g/mol. The van der Waals surface area contributed by atoms with Crippen molar-refractivity contribution >= 4 is 6.09 Å². The number of hydrogen-bond donors (Lipinski definition) is 2. The van der Waals surface area contributed by atoms with E-state index in [-0.39, 0.29) is 18.2 Å². The molecule has 2 N–H and O–H groups in total. The maximum Gasteiger partial charge on any atom is 0.407 e. The average Bonchev–Trinajstić information content (AvgIpc) is 3.19. The standard InChI is InChI=1S/C17H32N2O3/c1-5-15(20)9-12-8-13(11-19(10-12)14-6-7-14)18-16(21)22-17(2,3)4/h12-15,20H,5-11H2,1-4H3,(H,18,21). The van der Waals surface area contributed by atoms with Crippen LogP contribution in [0.4, 0.5) is 4.79 Å². The fourth-order valence-corrected chi connectivity index (χ4v) is 3.28. The molecule has 0 aromatic carbocycles. The SMILES string of the molecule is CCC(O)CC1CC(NC(=O)OC(C)(C)C)CN(C2CC2)C1. The summed E-state index contributed by atoms with van der Waals surface area (Å²) in [7, 11) is 0. The van der Waals surface area contributed by atoms with Crippen molar-refractivity contribution in [3.63, 3.8) is 0 Å². The molecule has 0 aromatic heterocycles. The highest BCUT2D eigenvalue weighted by Gasteiger charge is 2.37. The molecule has 2 aliphatic rings. The van der Waals surface area contributed by atoms with Crippen LogP contribution in [-0.4, -0.2) is 53.0 Å². The Bertz CT molecular complexity index is 377. The van der Waals surface area contributed by atoms with E-state index in [1.54, 1.807) is 0 Å². The van der Waals surface area contributed by atoms with E-state index in [1.165, 1.54) is 12.8 Å². The van der Waals surface area contributed by atoms with E-state index < -0.39 is 5.60 Å². The summed E-state index contributed by atoms with van der Waals surface area (Å²) in [5, 5.41) is 13.0. The third-order valence-electron chi connectivity index (χ3n) is 4.43. The monoisotopic (exact) mass is 312 g/mol. The summed E-state index contributed by atoms with van der Waals surface area (Å²) in [4.78, 5) is 14.5. The van der Waals surface area contributed by atoms with Crippen molar-refractivity contribution in [2.45, 2.75) is 83.6 Å². The van der Waals surface area contributed by atoms with Crippen LogP contribution in [0.5, 0.6) is 0 Å². The van der Waals surface area contributed by atoms with E-state index in [2.05, 4.69) is 10.2 Å². The molecule has 3 unspecified atom stereocenters. The lowest BCUT2D eigenvalue weighted by Gasteiger charge is -2.39. The molecule has 5 heteroatoms. The van der Waals surface area contributed by atoms with Crippen molar-refractivity contribution in [1.82, 2.24) is 10.2 Å². The lowest BCUT2D eigenvalue weighted by molar-refractivity contribution is 0.0408. The number of rotatable bonds is 5. The summed E-state index contributed by atoms with van der Waals surface area (Å²) in [6, 6.07) is 0.808. The van der Waals surface area contributed by atoms with Gasteiger partial charge in [0.15, 0.2) is 0 Å². The highest BCUT2D eigenvalue weighted by Crippen LogP contribution is 2.32. The third kappa shape index (κ3) is 5.76. The molecule has 1 amide bonds. The molecule has 0 aromatic rings. The first-order chi connectivity index (χ1) is 10.3. The van der Waals surface area contributed by atoms with Crippen LogP contribution >= 0.6 is 0 Å². The molecular weight excluding hydrogens is 280 g/mol. The molecule has 22 heavy (non-hydrogen) atoms. The van der Waals surface area contributed by atoms with Crippen LogP contribution in [0.1, 0.15) is 59.8 Å². The molecule has 1 aliphatic carbocycles. The number of aliphatic hydroxyl groups excluding tert-OH is 1. The van der Waals surface area contributed by atoms with E-state index in [9.17, 15) is 9.90 Å². The highest BCUT2D eigenvalue weighted by molar-refractivity contribution is 5.68. The number of alkyl carbamates (subject to hydrolysis) is 1. The Morgan fingerprint density at radius 3 is 2.59 bits per heavy atom. The molecule has 1 saturated carbocycles. The van der Waals surface area contributed by atoms with Crippen LogP contribution in [0.2, 0.25) is 0 Å². The van der Waals surface area contributed by atoms with E-state index in [1.807, 2.05) is 27.7 Å². The molecule has 1 heterocycles. The predicted octanol–water partition coefficient (Wildman–Crippen LogP) is 2.53. The summed E-state index contributed by atoms with van der Waals surface area (Å²) in [5.74, 6) is 0.448. The molecule has 5 nitrogen and oxygen atoms in total. The number of piperidine rings is 1. The van der Waals surface area contributed by atoms with Gasteiger partial charge in [-0.05, 0) is 58.8 Å². The number of nitrogens with one attached hydrogen (secondary N) is 1. The molecule has 0 bridgehead atoms. The summed E-state index contributed by atoms with van der Waals surface area (Å²) in [6.07, 6.45) is 4.52. The van der Waals surface area contributed by atoms with Gasteiger partial charge in [-0.15, -0.1) is 0 Å². The van der Waals surface area contributed by atoms with E-state index >= 15 is 0 Å². The Morgan fingerprint density at radius 1 is 1.36 bits per heavy atom. The molecule has 1 saturated heterocycles. The van der Waals surface area contributed by atoms with Crippen molar-refractivity contribution in [2.75, 3.05) is 13.1 Å². The Morgan fingerprint density at radius 2 is 2.05 bits per heavy atom. The van der Waals surface area contributed by atoms with Gasteiger partial charge in [-0.25, -0.2) is 4.79 Å². The zero-order valence-electron chi connectivity index (χ0n) is 14.5. The number of aliphatic hydroxyl groups is 1. The lowest BCUT2D eigenvalue weighted by atomic mass is 9.89. The highest BCUT2D eigenvalue weighted by atomic mass is 16.6. The molecule has 128 valence electrons. The Labute approximate surface area is 134 Å². The predicted molar refractivity (Wildman–Crippen MR) is 86.8 cm³/mol. The summed E-state index contributed by atoms with van der Waals surface area (Å²) in [6.45, 7) is 9.61. The van der Waals surface area contributed by atoms with Crippen molar-refractivity contribution in [2.24, 2.45) is 5.92 Å². The van der Waals surface area contributed by atoms with Crippen LogP contribution in [0.3, 0.4) is 0 Å². The number of nitrogens with zero attached hydrogens (tertiary/aromatic N) is 1. The van der Waals surface area contributed by atoms with Crippen LogP contribution in [0.25, 0.3) is 0 Å². The van der Waals surface area contributed by atoms with Gasteiger partial charge in [-0.2, -0.15) is 0 Å². The first-order valence-corrected chi connectivity index (χ1v) is 8.68. The van der Waals surface area contributed by atoms with Crippen LogP contribution in [-0.2, 0) is 4.74 Å². The van der Waals surface area contributed by atoms with Crippen LogP contribution < -0.4 is 5.32 Å². The number of carbonyl (C=O) groups is 1. The van der Waals surface area contributed by atoms with Crippen molar-refractivity contribution in [1.29, 1.82) is 0 Å². The molecule has 0 spiro atoms. The molecular formula is C17H32N2O3. The minimum Gasteiger partial charge on any atom is -0.444 e. The van der Waals surface area contributed by atoms with Gasteiger partial charge in [0, 0.05) is 25.2 Å². The summed E-state index contributed by atoms with van der Waals surface area (Å²) < 4.78 is 5.37. The Balaban J connectivity index is 1.89. The van der Waals surface area contributed by atoms with Crippen LogP contribution in [0, 0.1) is 5.92 Å². The minimum absolute atomic E-state index is 0.123. The van der Waals surface area contributed by atoms with Gasteiger partial charge in [0.2, 0.25) is 0 Å². The Hall–Kier alpha value is -0.810. The summed E-state index contributed by atoms with van der Waals surface area (Å²) in [5.41, 5.74) is -0.466. The van der Waals surface area contributed by atoms with Crippen molar-refractivity contribution < 1.29 is 14.6 Å². The molecule has 1 aliphatic heterocycles. The van der Waals surface area contributed by atoms with Crippen molar-refractivity contribution in [3.8, 4) is 0 Å². The number of amides is 1. The lowest BCUT2D eigenvalue weighted by Crippen LogP contribution is -2.52. The van der Waals surface area contributed by atoms with Gasteiger partial charge in [-0.1, -0.05) is 6.92 Å². The van der Waals surface area contributed by atoms with E-state index in [0.29, 0.717) is 12.0 Å². The maximum atomic E-state index is 12.0. The molecule has 3 atom stereocenters. The number of hydrogen-bond acceptors (Lipinski definition) is 4. The zero-order chi connectivity index (χ0) is 16.3. The fraction of sp³-hybridized carbons (Fsp3) is 0.941. The molecule has 2 fully saturated rings. The van der Waals surface area contributed by atoms with Crippen molar-refractivity contribution in [3.05, 3.63) is 0 Å². The van der Waals surface area contributed by atoms with Gasteiger partial charge in [-0.3, -0.25) is 4.90 Å². The first-order valence-electron chi connectivity index (χ1n) is 8.68. The smallest absolute Gasteiger partial charge is 0.407 e. The second kappa shape index (κ2) is 7.18. The van der Waals surface area contributed by atoms with E-state index in [0.717, 1.165) is 32.4 Å². The zero-order valence-corrected chi connectivity index (χ0v) is 14.5.